The van der Waals surface area contributed by atoms with Crippen molar-refractivity contribution in [3.05, 3.63) is 24.4 Å². The van der Waals surface area contributed by atoms with Crippen molar-refractivity contribution in [2.75, 3.05) is 12.9 Å². The lowest BCUT2D eigenvalue weighted by Gasteiger charge is -2.02. The van der Waals surface area contributed by atoms with E-state index in [2.05, 4.69) is 15.4 Å². The van der Waals surface area contributed by atoms with Crippen molar-refractivity contribution in [1.29, 1.82) is 5.26 Å². The van der Waals surface area contributed by atoms with Crippen molar-refractivity contribution in [2.24, 2.45) is 4.99 Å². The van der Waals surface area contributed by atoms with Crippen molar-refractivity contribution in [2.45, 2.75) is 6.54 Å². The molecule has 98 valence electrons. The van der Waals surface area contributed by atoms with Gasteiger partial charge in [-0.15, -0.1) is 0 Å². The average Bonchev–Trinajstić information content (AvgIpc) is 2.81. The largest absolute Gasteiger partial charge is 0.394 e. The van der Waals surface area contributed by atoms with Crippen LogP contribution < -0.4 is 5.32 Å². The molecule has 0 saturated carbocycles. The molecule has 0 radical (unpaired) electrons. The standard InChI is InChI=1S/C12H13N5OS/c1-19-12(14-8-13)16-10-2-3-11-9(6-10)7-15-17(11)4-5-18/h2-3,6-7,18H,4-5H2,1H3,(H,14,16). The van der Waals surface area contributed by atoms with Gasteiger partial charge < -0.3 is 5.11 Å². The summed E-state index contributed by atoms with van der Waals surface area (Å²) in [4.78, 5) is 4.33. The first-order valence-electron chi connectivity index (χ1n) is 5.62. The van der Waals surface area contributed by atoms with Crippen LogP contribution in [-0.4, -0.2) is 32.9 Å². The van der Waals surface area contributed by atoms with Gasteiger partial charge in [0.1, 0.15) is 0 Å². The van der Waals surface area contributed by atoms with Crippen LogP contribution in [0.25, 0.3) is 10.9 Å². The summed E-state index contributed by atoms with van der Waals surface area (Å²) in [5.41, 5.74) is 1.70. The van der Waals surface area contributed by atoms with Crippen LogP contribution in [0.4, 0.5) is 5.69 Å². The molecule has 1 heterocycles. The van der Waals surface area contributed by atoms with Gasteiger partial charge in [0.2, 0.25) is 0 Å². The van der Waals surface area contributed by atoms with Crippen molar-refractivity contribution >= 4 is 33.5 Å². The van der Waals surface area contributed by atoms with Crippen molar-refractivity contribution in [1.82, 2.24) is 15.1 Å². The van der Waals surface area contributed by atoms with E-state index in [1.54, 1.807) is 10.9 Å². The molecule has 0 atom stereocenters. The van der Waals surface area contributed by atoms with Gasteiger partial charge in [0.15, 0.2) is 11.4 Å². The lowest BCUT2D eigenvalue weighted by Crippen LogP contribution is -2.12. The van der Waals surface area contributed by atoms with E-state index in [0.29, 0.717) is 11.7 Å². The van der Waals surface area contributed by atoms with Gasteiger partial charge in [0.25, 0.3) is 0 Å². The number of aliphatic hydroxyl groups is 1. The number of nitrogens with zero attached hydrogens (tertiary/aromatic N) is 4. The highest BCUT2D eigenvalue weighted by Gasteiger charge is 2.03. The van der Waals surface area contributed by atoms with Gasteiger partial charge in [0, 0.05) is 5.39 Å². The van der Waals surface area contributed by atoms with Crippen molar-refractivity contribution in [3.8, 4) is 6.19 Å². The van der Waals surface area contributed by atoms with Crippen LogP contribution in [0.3, 0.4) is 0 Å². The van der Waals surface area contributed by atoms with Gasteiger partial charge in [0.05, 0.1) is 30.6 Å². The molecule has 2 rings (SSSR count). The zero-order valence-corrected chi connectivity index (χ0v) is 11.2. The first-order chi connectivity index (χ1) is 9.28. The van der Waals surface area contributed by atoms with Crippen LogP contribution in [0.15, 0.2) is 29.4 Å². The van der Waals surface area contributed by atoms with Crippen LogP contribution in [0.2, 0.25) is 0 Å². The Morgan fingerprint density at radius 1 is 1.63 bits per heavy atom. The fraction of sp³-hybridized carbons (Fsp3) is 0.250. The summed E-state index contributed by atoms with van der Waals surface area (Å²) in [6.45, 7) is 0.525. The number of nitriles is 1. The molecule has 19 heavy (non-hydrogen) atoms. The molecule has 2 aromatic rings. The minimum absolute atomic E-state index is 0.0550. The molecule has 0 fully saturated rings. The molecule has 0 aliphatic heterocycles. The number of rotatable bonds is 3. The lowest BCUT2D eigenvalue weighted by atomic mass is 10.2. The zero-order chi connectivity index (χ0) is 13.7. The first kappa shape index (κ1) is 13.4. The molecular formula is C12H13N5OS. The second kappa shape index (κ2) is 6.22. The number of aliphatic imine (C=N–C) groups is 1. The summed E-state index contributed by atoms with van der Waals surface area (Å²) in [5.74, 6) is 0. The van der Waals surface area contributed by atoms with Crippen molar-refractivity contribution in [3.63, 3.8) is 0 Å². The molecule has 0 bridgehead atoms. The number of hydrogen-bond donors (Lipinski definition) is 2. The third-order valence-electron chi connectivity index (χ3n) is 2.52. The summed E-state index contributed by atoms with van der Waals surface area (Å²) >= 11 is 1.37. The van der Waals surface area contributed by atoms with Crippen LogP contribution in [0.5, 0.6) is 0 Å². The van der Waals surface area contributed by atoms with Gasteiger partial charge in [-0.1, -0.05) is 11.8 Å². The normalized spacial score (nSPS) is 11.5. The number of hydrogen-bond acceptors (Lipinski definition) is 5. The number of aliphatic hydroxyl groups excluding tert-OH is 1. The summed E-state index contributed by atoms with van der Waals surface area (Å²) in [5, 5.41) is 25.7. The van der Waals surface area contributed by atoms with Gasteiger partial charge in [-0.2, -0.15) is 10.4 Å². The Morgan fingerprint density at radius 3 is 3.16 bits per heavy atom. The summed E-state index contributed by atoms with van der Waals surface area (Å²) in [6, 6.07) is 5.65. The number of amidine groups is 1. The fourth-order valence-corrected chi connectivity index (χ4v) is 2.05. The maximum atomic E-state index is 8.94. The SMILES string of the molecule is CSC(=Nc1ccc2c(cnn2CCO)c1)NC#N. The Kier molecular flexibility index (Phi) is 4.39. The third kappa shape index (κ3) is 3.05. The molecule has 2 N–H and O–H groups in total. The molecule has 0 amide bonds. The lowest BCUT2D eigenvalue weighted by molar-refractivity contribution is 0.271. The molecule has 1 aromatic heterocycles. The maximum Gasteiger partial charge on any atom is 0.183 e. The summed E-state index contributed by atoms with van der Waals surface area (Å²) in [6.07, 6.45) is 5.44. The number of nitrogens with one attached hydrogen (secondary N) is 1. The molecule has 7 heteroatoms. The first-order valence-corrected chi connectivity index (χ1v) is 6.85. The number of aromatic nitrogens is 2. The molecule has 6 nitrogen and oxygen atoms in total. The second-order valence-corrected chi connectivity index (χ2v) is 4.49. The minimum atomic E-state index is 0.0550. The third-order valence-corrected chi connectivity index (χ3v) is 3.10. The summed E-state index contributed by atoms with van der Waals surface area (Å²) in [7, 11) is 0. The van der Waals surface area contributed by atoms with E-state index in [-0.39, 0.29) is 6.61 Å². The van der Waals surface area contributed by atoms with E-state index in [9.17, 15) is 0 Å². The molecule has 0 aliphatic carbocycles. The predicted octanol–water partition coefficient (Wildman–Crippen LogP) is 1.45. The maximum absolute atomic E-state index is 8.94. The highest BCUT2D eigenvalue weighted by atomic mass is 32.2. The van der Waals surface area contributed by atoms with Crippen molar-refractivity contribution < 1.29 is 5.11 Å². The Labute approximate surface area is 114 Å². The van der Waals surface area contributed by atoms with E-state index in [0.717, 1.165) is 16.6 Å². The Balaban J connectivity index is 2.35. The quantitative estimate of drug-likeness (QED) is 0.383. The number of thioether (sulfide) groups is 1. The Hall–Kier alpha value is -2.04. The Morgan fingerprint density at radius 2 is 2.47 bits per heavy atom. The van der Waals surface area contributed by atoms with Crippen LogP contribution in [0, 0.1) is 11.5 Å². The predicted molar refractivity (Wildman–Crippen MR) is 76.2 cm³/mol. The molecule has 0 saturated heterocycles. The van der Waals surface area contributed by atoms with Gasteiger partial charge in [-0.05, 0) is 24.5 Å². The molecular weight excluding hydrogens is 262 g/mol. The molecule has 0 spiro atoms. The highest BCUT2D eigenvalue weighted by Crippen LogP contribution is 2.21. The second-order valence-electron chi connectivity index (χ2n) is 3.69. The number of fused-ring (bicyclic) bond motifs is 1. The van der Waals surface area contributed by atoms with E-state index in [1.165, 1.54) is 11.8 Å². The van der Waals surface area contributed by atoms with Crippen LogP contribution in [-0.2, 0) is 6.54 Å². The minimum Gasteiger partial charge on any atom is -0.394 e. The zero-order valence-electron chi connectivity index (χ0n) is 10.4. The average molecular weight is 275 g/mol. The van der Waals surface area contributed by atoms with Gasteiger partial charge in [-0.3, -0.25) is 10.00 Å². The topological polar surface area (TPSA) is 86.2 Å². The smallest absolute Gasteiger partial charge is 0.183 e. The van der Waals surface area contributed by atoms with Crippen LogP contribution >= 0.6 is 11.8 Å². The molecule has 0 unspecified atom stereocenters. The highest BCUT2D eigenvalue weighted by molar-refractivity contribution is 8.13. The monoisotopic (exact) mass is 275 g/mol. The molecule has 0 aliphatic rings. The summed E-state index contributed by atoms with van der Waals surface area (Å²) < 4.78 is 1.74. The van der Waals surface area contributed by atoms with E-state index < -0.39 is 0 Å². The number of benzene rings is 1. The van der Waals surface area contributed by atoms with Gasteiger partial charge >= 0.3 is 0 Å². The van der Waals surface area contributed by atoms with E-state index in [1.807, 2.05) is 30.6 Å². The fourth-order valence-electron chi connectivity index (χ4n) is 1.71. The van der Waals surface area contributed by atoms with Crippen LogP contribution in [0.1, 0.15) is 0 Å². The molecule has 1 aromatic carbocycles. The van der Waals surface area contributed by atoms with Gasteiger partial charge in [-0.25, -0.2) is 4.99 Å². The van der Waals surface area contributed by atoms with E-state index >= 15 is 0 Å². The Bertz CT molecular complexity index is 643. The van der Waals surface area contributed by atoms with E-state index in [4.69, 9.17) is 10.4 Å².